The van der Waals surface area contributed by atoms with Gasteiger partial charge in [-0.3, -0.25) is 4.99 Å². The molecule has 0 amide bonds. The first-order chi connectivity index (χ1) is 5.16. The van der Waals surface area contributed by atoms with Gasteiger partial charge in [0.05, 0.1) is 0 Å². The van der Waals surface area contributed by atoms with Crippen molar-refractivity contribution in [2.24, 2.45) is 4.99 Å². The fraction of sp³-hybridized carbons (Fsp3) is 0.300. The van der Waals surface area contributed by atoms with Gasteiger partial charge in [0, 0.05) is 12.4 Å². The van der Waals surface area contributed by atoms with Crippen LogP contribution in [-0.2, 0) is 0 Å². The molecule has 1 heteroatoms. The fourth-order valence-corrected chi connectivity index (χ4v) is 0.766. The van der Waals surface area contributed by atoms with E-state index in [1.165, 1.54) is 17.3 Å². The first-order valence-corrected chi connectivity index (χ1v) is 3.61. The van der Waals surface area contributed by atoms with Crippen LogP contribution in [0, 0.1) is 0 Å². The lowest BCUT2D eigenvalue weighted by Crippen LogP contribution is -1.78. The number of nitrogens with zero attached hydrogens (tertiary/aromatic N) is 1. The summed E-state index contributed by atoms with van der Waals surface area (Å²) in [5.41, 5.74) is 2.44. The Kier molecular flexibility index (Phi) is 5.09. The molecule has 0 aromatic rings. The minimum atomic E-state index is 0.948. The quantitative estimate of drug-likeness (QED) is 0.430. The van der Waals surface area contributed by atoms with E-state index in [2.05, 4.69) is 25.1 Å². The molecule has 0 rings (SSSR count). The third-order valence-electron chi connectivity index (χ3n) is 1.13. The van der Waals surface area contributed by atoms with E-state index in [0.717, 1.165) is 6.42 Å². The minimum absolute atomic E-state index is 0.948. The van der Waals surface area contributed by atoms with Gasteiger partial charge in [0.15, 0.2) is 0 Å². The van der Waals surface area contributed by atoms with Crippen molar-refractivity contribution >= 4 is 6.21 Å². The highest BCUT2D eigenvalue weighted by Gasteiger charge is 1.86. The van der Waals surface area contributed by atoms with Crippen LogP contribution in [0.25, 0.3) is 0 Å². The molecule has 1 nitrogen and oxygen atoms in total. The highest BCUT2D eigenvalue weighted by molar-refractivity contribution is 5.72. The van der Waals surface area contributed by atoms with E-state index >= 15 is 0 Å². The van der Waals surface area contributed by atoms with Crippen LogP contribution < -0.4 is 0 Å². The lowest BCUT2D eigenvalue weighted by atomic mass is 10.1. The predicted octanol–water partition coefficient (Wildman–Crippen LogP) is 3.11. The second-order valence-electron chi connectivity index (χ2n) is 2.63. The topological polar surface area (TPSA) is 12.4 Å². The van der Waals surface area contributed by atoms with E-state index in [1.807, 2.05) is 13.0 Å². The number of hydrogen-bond acceptors (Lipinski definition) is 1. The minimum Gasteiger partial charge on any atom is -0.265 e. The zero-order valence-electron chi connectivity index (χ0n) is 7.30. The molecule has 11 heavy (non-hydrogen) atoms. The molecule has 0 saturated carbocycles. The van der Waals surface area contributed by atoms with Crippen LogP contribution in [0.2, 0.25) is 0 Å². The van der Waals surface area contributed by atoms with Crippen molar-refractivity contribution in [2.45, 2.75) is 20.3 Å². The van der Waals surface area contributed by atoms with Gasteiger partial charge in [0.2, 0.25) is 0 Å². The van der Waals surface area contributed by atoms with Gasteiger partial charge in [-0.25, -0.2) is 0 Å². The molecular weight excluding hydrogens is 134 g/mol. The maximum atomic E-state index is 3.85. The fourth-order valence-electron chi connectivity index (χ4n) is 0.766. The standard InChI is InChI=1S/C10H15N/c1-5-11-7-6-10(4)8-9(2)3/h5-7H,1-2,8H2,3-4H3/b10-6+,11-7-. The SMILES string of the molecule is C=C/N=C\C=C(/C)CC(=C)C. The molecule has 0 unspecified atom stereocenters. The highest BCUT2D eigenvalue weighted by Crippen LogP contribution is 2.05. The molecule has 0 aliphatic rings. The molecule has 0 aliphatic carbocycles. The normalized spacial score (nSPS) is 12.0. The van der Waals surface area contributed by atoms with Crippen LogP contribution in [0.15, 0.2) is 41.6 Å². The van der Waals surface area contributed by atoms with Crippen molar-refractivity contribution in [2.75, 3.05) is 0 Å². The van der Waals surface area contributed by atoms with E-state index < -0.39 is 0 Å². The molecular formula is C10H15N. The van der Waals surface area contributed by atoms with Crippen LogP contribution in [0.1, 0.15) is 20.3 Å². The highest BCUT2D eigenvalue weighted by atomic mass is 14.6. The molecule has 0 spiro atoms. The molecule has 0 heterocycles. The summed E-state index contributed by atoms with van der Waals surface area (Å²) in [7, 11) is 0. The van der Waals surface area contributed by atoms with Gasteiger partial charge in [-0.2, -0.15) is 0 Å². The Morgan fingerprint density at radius 3 is 2.55 bits per heavy atom. The number of aliphatic imine (C=N–C) groups is 1. The van der Waals surface area contributed by atoms with E-state index in [1.54, 1.807) is 6.21 Å². The van der Waals surface area contributed by atoms with Crippen molar-refractivity contribution in [3.05, 3.63) is 36.6 Å². The summed E-state index contributed by atoms with van der Waals surface area (Å²) in [5, 5.41) is 0. The third-order valence-corrected chi connectivity index (χ3v) is 1.13. The Bertz CT molecular complexity index is 197. The molecule has 60 valence electrons. The van der Waals surface area contributed by atoms with Crippen LogP contribution in [0.3, 0.4) is 0 Å². The maximum absolute atomic E-state index is 3.85. The summed E-state index contributed by atoms with van der Waals surface area (Å²) < 4.78 is 0. The molecule has 0 aliphatic heterocycles. The van der Waals surface area contributed by atoms with Gasteiger partial charge in [-0.15, -0.1) is 0 Å². The molecule has 0 aromatic heterocycles. The zero-order valence-corrected chi connectivity index (χ0v) is 7.30. The summed E-state index contributed by atoms with van der Waals surface area (Å²) in [6, 6.07) is 0. The van der Waals surface area contributed by atoms with Gasteiger partial charge in [0.25, 0.3) is 0 Å². The Morgan fingerprint density at radius 1 is 1.45 bits per heavy atom. The first kappa shape index (κ1) is 9.89. The molecule has 0 saturated heterocycles. The molecule has 0 fully saturated rings. The average Bonchev–Trinajstić information content (AvgIpc) is 1.86. The monoisotopic (exact) mass is 149 g/mol. The number of hydrogen-bond donors (Lipinski definition) is 0. The molecule has 0 atom stereocenters. The second-order valence-corrected chi connectivity index (χ2v) is 2.63. The smallest absolute Gasteiger partial charge is 0.0267 e. The van der Waals surface area contributed by atoms with Gasteiger partial charge in [-0.05, 0) is 26.3 Å². The van der Waals surface area contributed by atoms with Crippen molar-refractivity contribution in [3.8, 4) is 0 Å². The lowest BCUT2D eigenvalue weighted by Gasteiger charge is -1.96. The summed E-state index contributed by atoms with van der Waals surface area (Å²) in [4.78, 5) is 3.85. The Hall–Kier alpha value is -1.11. The zero-order chi connectivity index (χ0) is 8.69. The van der Waals surface area contributed by atoms with E-state index in [9.17, 15) is 0 Å². The van der Waals surface area contributed by atoms with Crippen LogP contribution >= 0.6 is 0 Å². The molecule has 0 aromatic carbocycles. The molecule has 0 radical (unpaired) electrons. The average molecular weight is 149 g/mol. The van der Waals surface area contributed by atoms with E-state index in [4.69, 9.17) is 0 Å². The first-order valence-electron chi connectivity index (χ1n) is 3.61. The summed E-state index contributed by atoms with van der Waals surface area (Å²) in [5.74, 6) is 0. The van der Waals surface area contributed by atoms with Gasteiger partial charge < -0.3 is 0 Å². The predicted molar refractivity (Wildman–Crippen MR) is 51.9 cm³/mol. The molecule has 0 bridgehead atoms. The van der Waals surface area contributed by atoms with Crippen molar-refractivity contribution in [1.82, 2.24) is 0 Å². The third kappa shape index (κ3) is 6.78. The number of allylic oxidation sites excluding steroid dienone is 3. The van der Waals surface area contributed by atoms with Crippen LogP contribution in [0.4, 0.5) is 0 Å². The second kappa shape index (κ2) is 5.66. The van der Waals surface area contributed by atoms with Crippen LogP contribution in [-0.4, -0.2) is 6.21 Å². The Labute approximate surface area is 68.9 Å². The van der Waals surface area contributed by atoms with Gasteiger partial charge >= 0.3 is 0 Å². The summed E-state index contributed by atoms with van der Waals surface area (Å²) in [6.07, 6.45) is 6.18. The Morgan fingerprint density at radius 2 is 2.09 bits per heavy atom. The lowest BCUT2D eigenvalue weighted by molar-refractivity contribution is 1.12. The largest absolute Gasteiger partial charge is 0.265 e. The van der Waals surface area contributed by atoms with Gasteiger partial charge in [0.1, 0.15) is 0 Å². The summed E-state index contributed by atoms with van der Waals surface area (Å²) >= 11 is 0. The molecule has 0 N–H and O–H groups in total. The van der Waals surface area contributed by atoms with Crippen molar-refractivity contribution in [1.29, 1.82) is 0 Å². The van der Waals surface area contributed by atoms with Crippen molar-refractivity contribution < 1.29 is 0 Å². The summed E-state index contributed by atoms with van der Waals surface area (Å²) in [6.45, 7) is 11.4. The van der Waals surface area contributed by atoms with E-state index in [-0.39, 0.29) is 0 Å². The Balaban J connectivity index is 3.90. The van der Waals surface area contributed by atoms with Gasteiger partial charge in [-0.1, -0.05) is 24.3 Å². The van der Waals surface area contributed by atoms with Crippen molar-refractivity contribution in [3.63, 3.8) is 0 Å². The number of rotatable bonds is 4. The van der Waals surface area contributed by atoms with E-state index in [0.29, 0.717) is 0 Å². The van der Waals surface area contributed by atoms with Crippen LogP contribution in [0.5, 0.6) is 0 Å². The maximum Gasteiger partial charge on any atom is 0.0267 e.